The first kappa shape index (κ1) is 19.6. The Balaban J connectivity index is 1.55. The number of aryl methyl sites for hydroxylation is 2. The fourth-order valence-corrected chi connectivity index (χ4v) is 5.31. The summed E-state index contributed by atoms with van der Waals surface area (Å²) in [6, 6.07) is 11.7. The van der Waals surface area contributed by atoms with Crippen LogP contribution in [0.5, 0.6) is 0 Å². The molecule has 6 nitrogen and oxygen atoms in total. The number of fused-ring (bicyclic) bond motifs is 1. The molecular weight excluding hydrogens is 384 g/mol. The number of hydrogen-bond donors (Lipinski definition) is 0. The number of carbonyl (C=O) groups is 1. The monoisotopic (exact) mass is 410 g/mol. The van der Waals surface area contributed by atoms with Crippen LogP contribution in [-0.2, 0) is 4.79 Å². The topological polar surface area (TPSA) is 58.4 Å². The average Bonchev–Trinajstić information content (AvgIpc) is 3.05. The summed E-state index contributed by atoms with van der Waals surface area (Å²) >= 11 is 1.31. The number of para-hydroxylation sites is 1. The number of piperazine rings is 1. The Morgan fingerprint density at radius 1 is 1.14 bits per heavy atom. The van der Waals surface area contributed by atoms with Crippen LogP contribution in [0.3, 0.4) is 0 Å². The number of anilines is 1. The maximum absolute atomic E-state index is 13.3. The first-order valence-corrected chi connectivity index (χ1v) is 10.9. The number of benzene rings is 1. The molecule has 3 aromatic rings. The van der Waals surface area contributed by atoms with Gasteiger partial charge in [-0.3, -0.25) is 9.59 Å². The highest BCUT2D eigenvalue weighted by Crippen LogP contribution is 2.25. The fourth-order valence-electron chi connectivity index (χ4n) is 4.05. The molecule has 1 aromatic carbocycles. The van der Waals surface area contributed by atoms with Crippen LogP contribution in [0.1, 0.15) is 30.6 Å². The molecule has 4 rings (SSSR count). The zero-order chi connectivity index (χ0) is 20.5. The van der Waals surface area contributed by atoms with Crippen molar-refractivity contribution >= 4 is 33.3 Å². The summed E-state index contributed by atoms with van der Waals surface area (Å²) in [5, 5.41) is 0.640. The van der Waals surface area contributed by atoms with Gasteiger partial charge in [-0.25, -0.2) is 8.94 Å². The molecule has 0 N–H and O–H groups in total. The van der Waals surface area contributed by atoms with Crippen molar-refractivity contribution < 1.29 is 4.79 Å². The van der Waals surface area contributed by atoms with Crippen LogP contribution in [-0.4, -0.2) is 45.9 Å². The Bertz CT molecular complexity index is 1080. The summed E-state index contributed by atoms with van der Waals surface area (Å²) in [4.78, 5) is 35.8. The van der Waals surface area contributed by atoms with E-state index >= 15 is 0 Å². The van der Waals surface area contributed by atoms with Crippen molar-refractivity contribution in [2.75, 3.05) is 31.1 Å². The van der Waals surface area contributed by atoms with Crippen molar-refractivity contribution in [1.82, 2.24) is 13.8 Å². The number of amides is 1. The van der Waals surface area contributed by atoms with Gasteiger partial charge in [-0.15, -0.1) is 0 Å². The second kappa shape index (κ2) is 7.99. The molecule has 0 spiro atoms. The van der Waals surface area contributed by atoms with Crippen LogP contribution >= 0.6 is 11.5 Å². The molecule has 1 aliphatic rings. The van der Waals surface area contributed by atoms with Crippen LogP contribution in [0.2, 0.25) is 0 Å². The highest BCUT2D eigenvalue weighted by molar-refractivity contribution is 7.13. The molecule has 0 aliphatic carbocycles. The Morgan fingerprint density at radius 2 is 1.83 bits per heavy atom. The van der Waals surface area contributed by atoms with Gasteiger partial charge in [0.2, 0.25) is 5.91 Å². The zero-order valence-electron chi connectivity index (χ0n) is 17.1. The normalized spacial score (nSPS) is 15.7. The molecule has 7 heteroatoms. The van der Waals surface area contributed by atoms with Crippen molar-refractivity contribution in [2.24, 2.45) is 0 Å². The lowest BCUT2D eigenvalue weighted by Crippen LogP contribution is -2.51. The van der Waals surface area contributed by atoms with Crippen LogP contribution in [0.25, 0.3) is 10.2 Å². The van der Waals surface area contributed by atoms with Gasteiger partial charge in [0, 0.05) is 37.6 Å². The molecule has 2 aromatic heterocycles. The quantitative estimate of drug-likeness (QED) is 0.662. The predicted octanol–water partition coefficient (Wildman–Crippen LogP) is 3.37. The van der Waals surface area contributed by atoms with E-state index in [0.29, 0.717) is 29.7 Å². The number of pyridine rings is 1. The molecule has 152 valence electrons. The highest BCUT2D eigenvalue weighted by atomic mass is 32.1. The number of rotatable bonds is 4. The number of aromatic nitrogens is 2. The van der Waals surface area contributed by atoms with E-state index < -0.39 is 6.04 Å². The summed E-state index contributed by atoms with van der Waals surface area (Å²) in [5.41, 5.74) is 2.90. The van der Waals surface area contributed by atoms with Crippen molar-refractivity contribution in [3.05, 3.63) is 58.0 Å². The van der Waals surface area contributed by atoms with Crippen molar-refractivity contribution in [1.29, 1.82) is 0 Å². The largest absolute Gasteiger partial charge is 0.368 e. The van der Waals surface area contributed by atoms with Gasteiger partial charge in [0.05, 0.1) is 5.39 Å². The van der Waals surface area contributed by atoms with Gasteiger partial charge in [0.25, 0.3) is 5.56 Å². The Kier molecular flexibility index (Phi) is 5.41. The second-order valence-electron chi connectivity index (χ2n) is 7.55. The minimum Gasteiger partial charge on any atom is -0.368 e. The number of nitrogens with zero attached hydrogens (tertiary/aromatic N) is 4. The van der Waals surface area contributed by atoms with E-state index in [2.05, 4.69) is 22.0 Å². The van der Waals surface area contributed by atoms with Crippen molar-refractivity contribution in [3.8, 4) is 0 Å². The molecule has 1 fully saturated rings. The number of hydrogen-bond acceptors (Lipinski definition) is 5. The van der Waals surface area contributed by atoms with Gasteiger partial charge >= 0.3 is 0 Å². The van der Waals surface area contributed by atoms with Crippen LogP contribution in [0.4, 0.5) is 5.69 Å². The van der Waals surface area contributed by atoms with E-state index in [4.69, 9.17) is 0 Å². The third-order valence-electron chi connectivity index (χ3n) is 5.58. The van der Waals surface area contributed by atoms with Crippen LogP contribution in [0.15, 0.2) is 41.2 Å². The number of carbonyl (C=O) groups excluding carboxylic acids is 1. The first-order chi connectivity index (χ1) is 14.0. The summed E-state index contributed by atoms with van der Waals surface area (Å²) < 4.78 is 1.63. The van der Waals surface area contributed by atoms with E-state index in [1.807, 2.05) is 49.9 Å². The van der Waals surface area contributed by atoms with E-state index in [1.165, 1.54) is 17.2 Å². The molecule has 1 saturated heterocycles. The zero-order valence-corrected chi connectivity index (χ0v) is 17.9. The Hall–Kier alpha value is -2.67. The third kappa shape index (κ3) is 3.67. The van der Waals surface area contributed by atoms with Gasteiger partial charge in [-0.05, 0) is 55.6 Å². The SMILES string of the molecule is CCC(C(=O)N1CCN(c2ccccc2)CC1)n1sc2nc(C)cc(C)c2c1=O. The van der Waals surface area contributed by atoms with Gasteiger partial charge in [-0.1, -0.05) is 25.1 Å². The summed E-state index contributed by atoms with van der Waals surface area (Å²) in [6.45, 7) is 8.75. The summed E-state index contributed by atoms with van der Waals surface area (Å²) in [5.74, 6) is 0.0308. The van der Waals surface area contributed by atoms with Gasteiger partial charge < -0.3 is 9.80 Å². The van der Waals surface area contributed by atoms with E-state index in [-0.39, 0.29) is 11.5 Å². The minimum atomic E-state index is -0.468. The van der Waals surface area contributed by atoms with Crippen LogP contribution in [0, 0.1) is 13.8 Å². The summed E-state index contributed by atoms with van der Waals surface area (Å²) in [6.07, 6.45) is 0.586. The summed E-state index contributed by atoms with van der Waals surface area (Å²) in [7, 11) is 0. The van der Waals surface area contributed by atoms with Gasteiger partial charge in [-0.2, -0.15) is 0 Å². The minimum absolute atomic E-state index is 0.0308. The molecule has 1 atom stereocenters. The molecule has 29 heavy (non-hydrogen) atoms. The second-order valence-corrected chi connectivity index (χ2v) is 8.52. The van der Waals surface area contributed by atoms with E-state index in [9.17, 15) is 9.59 Å². The molecule has 1 aliphatic heterocycles. The smallest absolute Gasteiger partial charge is 0.271 e. The van der Waals surface area contributed by atoms with Gasteiger partial charge in [0.1, 0.15) is 10.9 Å². The first-order valence-electron chi connectivity index (χ1n) is 10.1. The lowest BCUT2D eigenvalue weighted by atomic mass is 10.1. The van der Waals surface area contributed by atoms with E-state index in [0.717, 1.165) is 24.3 Å². The lowest BCUT2D eigenvalue weighted by molar-refractivity contribution is -0.135. The molecule has 3 heterocycles. The predicted molar refractivity (Wildman–Crippen MR) is 118 cm³/mol. The molecular formula is C22H26N4O2S. The molecule has 1 amide bonds. The molecule has 1 unspecified atom stereocenters. The molecule has 0 bridgehead atoms. The average molecular weight is 411 g/mol. The van der Waals surface area contributed by atoms with E-state index in [1.54, 1.807) is 3.96 Å². The van der Waals surface area contributed by atoms with Crippen molar-refractivity contribution in [2.45, 2.75) is 33.2 Å². The Morgan fingerprint density at radius 3 is 2.48 bits per heavy atom. The standard InChI is InChI=1S/C22H26N4O2S/c1-4-18(26-22(28)19-15(2)14-16(3)23-20(19)29-26)21(27)25-12-10-24(11-13-25)17-8-6-5-7-9-17/h5-9,14,18H,4,10-13H2,1-3H3. The lowest BCUT2D eigenvalue weighted by Gasteiger charge is -2.37. The molecule has 0 radical (unpaired) electrons. The maximum atomic E-state index is 13.3. The highest BCUT2D eigenvalue weighted by Gasteiger charge is 2.30. The fraction of sp³-hybridized carbons (Fsp3) is 0.409. The van der Waals surface area contributed by atoms with Gasteiger partial charge in [0.15, 0.2) is 0 Å². The maximum Gasteiger partial charge on any atom is 0.271 e. The Labute approximate surface area is 174 Å². The van der Waals surface area contributed by atoms with Crippen LogP contribution < -0.4 is 10.5 Å². The third-order valence-corrected chi connectivity index (χ3v) is 6.66. The molecule has 0 saturated carbocycles. The van der Waals surface area contributed by atoms with Crippen molar-refractivity contribution in [3.63, 3.8) is 0 Å².